The van der Waals surface area contributed by atoms with Gasteiger partial charge in [0, 0.05) is 37.3 Å². The molecule has 1 amide bonds. The normalized spacial score (nSPS) is 12.2. The Balaban J connectivity index is 1.96. The molecule has 1 heterocycles. The summed E-state index contributed by atoms with van der Waals surface area (Å²) in [4.78, 5) is 19.4. The lowest BCUT2D eigenvalue weighted by atomic mass is 10.1. The topological polar surface area (TPSA) is 113 Å². The number of carbonyl (C=O) groups excluding carboxylic acids is 1. The third kappa shape index (κ3) is 6.27. The van der Waals surface area contributed by atoms with Crippen LogP contribution in [0.15, 0.2) is 42.6 Å². The molecule has 0 bridgehead atoms. The highest BCUT2D eigenvalue weighted by molar-refractivity contribution is 7.85. The molecule has 1 aromatic heterocycles. The summed E-state index contributed by atoms with van der Waals surface area (Å²) in [7, 11) is 0.318. The van der Waals surface area contributed by atoms with E-state index in [1.807, 2.05) is 13.0 Å². The third-order valence-electron chi connectivity index (χ3n) is 5.27. The van der Waals surface area contributed by atoms with Crippen molar-refractivity contribution in [2.75, 3.05) is 28.2 Å². The maximum Gasteiger partial charge on any atom is 0.421 e. The van der Waals surface area contributed by atoms with Crippen molar-refractivity contribution in [3.8, 4) is 0 Å². The predicted molar refractivity (Wildman–Crippen MR) is 131 cm³/mol. The summed E-state index contributed by atoms with van der Waals surface area (Å²) >= 11 is 0. The van der Waals surface area contributed by atoms with Crippen LogP contribution in [0.25, 0.3) is 0 Å². The van der Waals surface area contributed by atoms with Gasteiger partial charge in [-0.05, 0) is 43.2 Å². The number of nitrogens with one attached hydrogen (secondary N) is 2. The summed E-state index contributed by atoms with van der Waals surface area (Å²) in [5.41, 5.74) is 7.82. The van der Waals surface area contributed by atoms with Crippen molar-refractivity contribution in [3.05, 3.63) is 70.4 Å². The van der Waals surface area contributed by atoms with Crippen molar-refractivity contribution in [1.29, 1.82) is 0 Å². The standard InChI is InChI=1S/C23H25F3N6O2S/c1-13-5-8-19(32(3)35(4)34)16(9-13)11-28-21-17(23(24,25)26)12-29-22(31-21)30-18-10-15(20(27)33)7-6-14(18)2/h5-10,12H,11H2,1-4H3,(H2,27,33)(H2,28,29,30,31). The number of nitrogens with zero attached hydrogens (tertiary/aromatic N) is 3. The zero-order valence-corrected chi connectivity index (χ0v) is 20.3. The molecule has 3 rings (SSSR count). The lowest BCUT2D eigenvalue weighted by molar-refractivity contribution is -0.137. The van der Waals surface area contributed by atoms with Gasteiger partial charge in [-0.2, -0.15) is 18.2 Å². The highest BCUT2D eigenvalue weighted by Crippen LogP contribution is 2.35. The van der Waals surface area contributed by atoms with Crippen molar-refractivity contribution in [2.45, 2.75) is 26.6 Å². The molecule has 3 aromatic rings. The summed E-state index contributed by atoms with van der Waals surface area (Å²) in [5, 5.41) is 5.61. The van der Waals surface area contributed by atoms with Gasteiger partial charge in [0.2, 0.25) is 11.9 Å². The van der Waals surface area contributed by atoms with Gasteiger partial charge in [-0.15, -0.1) is 0 Å². The van der Waals surface area contributed by atoms with Gasteiger partial charge in [0.05, 0.1) is 5.69 Å². The van der Waals surface area contributed by atoms with Crippen molar-refractivity contribution in [3.63, 3.8) is 0 Å². The van der Waals surface area contributed by atoms with Crippen LogP contribution in [0.1, 0.15) is 32.6 Å². The summed E-state index contributed by atoms with van der Waals surface area (Å²) < 4.78 is 54.5. The minimum absolute atomic E-state index is 0.00568. The number of nitrogens with two attached hydrogens (primary N) is 1. The SMILES string of the molecule is Cc1ccc(N(C)S(C)=O)c(CNc2nc(Nc3cc(C(N)=O)ccc3C)ncc2C(F)(F)F)c1. The number of anilines is 4. The number of halogens is 3. The third-order valence-corrected chi connectivity index (χ3v) is 6.24. The van der Waals surface area contributed by atoms with E-state index in [4.69, 9.17) is 5.73 Å². The van der Waals surface area contributed by atoms with E-state index < -0.39 is 34.5 Å². The first-order valence-corrected chi connectivity index (χ1v) is 11.9. The average molecular weight is 507 g/mol. The lowest BCUT2D eigenvalue weighted by Crippen LogP contribution is -2.21. The molecule has 1 unspecified atom stereocenters. The highest BCUT2D eigenvalue weighted by atomic mass is 32.2. The Morgan fingerprint density at radius 1 is 1.17 bits per heavy atom. The highest BCUT2D eigenvalue weighted by Gasteiger charge is 2.35. The molecular formula is C23H25F3N6O2S. The molecule has 0 fully saturated rings. The molecule has 12 heteroatoms. The summed E-state index contributed by atoms with van der Waals surface area (Å²) in [6.07, 6.45) is -2.49. The molecule has 0 saturated carbocycles. The number of benzene rings is 2. The van der Waals surface area contributed by atoms with Crippen molar-refractivity contribution >= 4 is 40.0 Å². The second-order valence-electron chi connectivity index (χ2n) is 7.88. The summed E-state index contributed by atoms with van der Waals surface area (Å²) in [6.45, 7) is 3.60. The number of primary amides is 1. The van der Waals surface area contributed by atoms with E-state index in [0.29, 0.717) is 28.7 Å². The minimum atomic E-state index is -4.69. The van der Waals surface area contributed by atoms with Crippen LogP contribution in [0.2, 0.25) is 0 Å². The van der Waals surface area contributed by atoms with Crippen LogP contribution in [-0.2, 0) is 23.7 Å². The Morgan fingerprint density at radius 2 is 1.89 bits per heavy atom. The Labute approximate surface area is 203 Å². The number of hydrogen-bond acceptors (Lipinski definition) is 6. The zero-order chi connectivity index (χ0) is 25.9. The van der Waals surface area contributed by atoms with Crippen LogP contribution in [0.5, 0.6) is 0 Å². The molecule has 35 heavy (non-hydrogen) atoms. The first-order valence-electron chi connectivity index (χ1n) is 10.4. The fourth-order valence-corrected chi connectivity index (χ4v) is 3.75. The van der Waals surface area contributed by atoms with Crippen molar-refractivity contribution in [2.24, 2.45) is 5.73 Å². The number of aryl methyl sites for hydroxylation is 2. The van der Waals surface area contributed by atoms with Gasteiger partial charge in [-0.25, -0.2) is 9.19 Å². The van der Waals surface area contributed by atoms with E-state index in [1.165, 1.54) is 16.6 Å². The van der Waals surface area contributed by atoms with Gasteiger partial charge < -0.3 is 16.4 Å². The number of alkyl halides is 3. The Morgan fingerprint density at radius 3 is 2.51 bits per heavy atom. The van der Waals surface area contributed by atoms with Crippen LogP contribution >= 0.6 is 0 Å². The lowest BCUT2D eigenvalue weighted by Gasteiger charge is -2.21. The fourth-order valence-electron chi connectivity index (χ4n) is 3.30. The van der Waals surface area contributed by atoms with Crippen molar-refractivity contribution < 1.29 is 22.2 Å². The van der Waals surface area contributed by atoms with E-state index >= 15 is 0 Å². The van der Waals surface area contributed by atoms with Crippen LogP contribution in [-0.4, -0.2) is 33.4 Å². The number of aromatic nitrogens is 2. The van der Waals surface area contributed by atoms with E-state index in [0.717, 1.165) is 5.56 Å². The molecule has 0 radical (unpaired) electrons. The molecule has 8 nitrogen and oxygen atoms in total. The van der Waals surface area contributed by atoms with Gasteiger partial charge in [-0.1, -0.05) is 23.8 Å². The van der Waals surface area contributed by atoms with E-state index in [9.17, 15) is 22.2 Å². The molecule has 1 atom stereocenters. The molecule has 0 aliphatic rings. The maximum atomic E-state index is 13.7. The summed E-state index contributed by atoms with van der Waals surface area (Å²) in [6, 6.07) is 10.1. The number of rotatable bonds is 8. The molecule has 0 spiro atoms. The first-order chi connectivity index (χ1) is 16.4. The largest absolute Gasteiger partial charge is 0.421 e. The van der Waals surface area contributed by atoms with E-state index in [2.05, 4.69) is 20.6 Å². The summed E-state index contributed by atoms with van der Waals surface area (Å²) in [5.74, 6) is -1.16. The Bertz CT molecular complexity index is 1280. The average Bonchev–Trinajstić information content (AvgIpc) is 2.78. The van der Waals surface area contributed by atoms with Crippen LogP contribution in [0.3, 0.4) is 0 Å². The molecular weight excluding hydrogens is 481 g/mol. The van der Waals surface area contributed by atoms with E-state index in [1.54, 1.807) is 38.2 Å². The number of carbonyl (C=O) groups is 1. The van der Waals surface area contributed by atoms with E-state index in [-0.39, 0.29) is 18.1 Å². The van der Waals surface area contributed by atoms with Gasteiger partial charge in [0.1, 0.15) is 22.4 Å². The van der Waals surface area contributed by atoms with Gasteiger partial charge >= 0.3 is 6.18 Å². The molecule has 186 valence electrons. The molecule has 0 aliphatic carbocycles. The van der Waals surface area contributed by atoms with Gasteiger partial charge in [0.25, 0.3) is 0 Å². The Kier molecular flexibility index (Phi) is 7.64. The van der Waals surface area contributed by atoms with Crippen LogP contribution < -0.4 is 20.7 Å². The smallest absolute Gasteiger partial charge is 0.366 e. The Hall–Kier alpha value is -3.67. The number of amides is 1. The predicted octanol–water partition coefficient (Wildman–Crippen LogP) is 4.30. The molecule has 0 aliphatic heterocycles. The van der Waals surface area contributed by atoms with Gasteiger partial charge in [-0.3, -0.25) is 9.10 Å². The second kappa shape index (κ2) is 10.3. The maximum absolute atomic E-state index is 13.7. The quantitative estimate of drug-likeness (QED) is 0.420. The van der Waals surface area contributed by atoms with Crippen LogP contribution in [0.4, 0.5) is 36.3 Å². The molecule has 2 aromatic carbocycles. The first kappa shape index (κ1) is 25.9. The monoisotopic (exact) mass is 506 g/mol. The van der Waals surface area contributed by atoms with Crippen LogP contribution in [0, 0.1) is 13.8 Å². The zero-order valence-electron chi connectivity index (χ0n) is 19.5. The number of hydrogen-bond donors (Lipinski definition) is 3. The fraction of sp³-hybridized carbons (Fsp3) is 0.261. The molecule has 0 saturated heterocycles. The molecule has 4 N–H and O–H groups in total. The van der Waals surface area contributed by atoms with Crippen molar-refractivity contribution in [1.82, 2.24) is 9.97 Å². The second-order valence-corrected chi connectivity index (χ2v) is 9.27. The minimum Gasteiger partial charge on any atom is -0.366 e. The van der Waals surface area contributed by atoms with Gasteiger partial charge in [0.15, 0.2) is 0 Å².